The van der Waals surface area contributed by atoms with Crippen LogP contribution >= 0.6 is 11.3 Å². The van der Waals surface area contributed by atoms with E-state index in [1.165, 1.54) is 0 Å². The van der Waals surface area contributed by atoms with E-state index in [1.807, 2.05) is 37.4 Å². The Kier molecular flexibility index (Phi) is 4.46. The van der Waals surface area contributed by atoms with E-state index in [1.54, 1.807) is 23.0 Å². The van der Waals surface area contributed by atoms with Crippen LogP contribution in [0.2, 0.25) is 0 Å². The highest BCUT2D eigenvalue weighted by Gasteiger charge is 2.15. The fourth-order valence-corrected chi connectivity index (χ4v) is 3.69. The van der Waals surface area contributed by atoms with Crippen molar-refractivity contribution in [3.63, 3.8) is 0 Å². The van der Waals surface area contributed by atoms with Gasteiger partial charge in [0.1, 0.15) is 22.2 Å². The largest absolute Gasteiger partial charge is 0.497 e. The first-order chi connectivity index (χ1) is 12.7. The lowest BCUT2D eigenvalue weighted by Gasteiger charge is -2.08. The summed E-state index contributed by atoms with van der Waals surface area (Å²) in [5.74, 6) is 1.56. The molecule has 4 rings (SSSR count). The van der Waals surface area contributed by atoms with Crippen molar-refractivity contribution in [3.8, 4) is 22.2 Å². The highest BCUT2D eigenvalue weighted by atomic mass is 32.1. The highest BCUT2D eigenvalue weighted by Crippen LogP contribution is 2.38. The highest BCUT2D eigenvalue weighted by molar-refractivity contribution is 7.22. The van der Waals surface area contributed by atoms with Crippen molar-refractivity contribution in [3.05, 3.63) is 36.2 Å². The van der Waals surface area contributed by atoms with E-state index in [0.29, 0.717) is 6.61 Å². The molecule has 0 saturated heterocycles. The minimum atomic E-state index is 0.684. The molecular formula is C19H20N4O2S. The van der Waals surface area contributed by atoms with Crippen LogP contribution in [0.3, 0.4) is 0 Å². The van der Waals surface area contributed by atoms with Gasteiger partial charge in [-0.05, 0) is 25.5 Å². The van der Waals surface area contributed by atoms with Crippen LogP contribution in [0, 0.1) is 6.92 Å². The minimum Gasteiger partial charge on any atom is -0.497 e. The Morgan fingerprint density at radius 2 is 2.08 bits per heavy atom. The molecule has 26 heavy (non-hydrogen) atoms. The Bertz CT molecular complexity index is 1070. The molecule has 0 saturated carbocycles. The SMILES string of the molecule is CCCCOc1cc(OC)cc2nc(-c3cn4nc(C)ccc4n3)sc12. The van der Waals surface area contributed by atoms with Crippen molar-refractivity contribution in [2.24, 2.45) is 0 Å². The monoisotopic (exact) mass is 368 g/mol. The maximum Gasteiger partial charge on any atom is 0.154 e. The number of aryl methyl sites for hydroxylation is 1. The third-order valence-corrected chi connectivity index (χ3v) is 5.20. The van der Waals surface area contributed by atoms with E-state index in [9.17, 15) is 0 Å². The summed E-state index contributed by atoms with van der Waals surface area (Å²) in [5.41, 5.74) is 3.42. The summed E-state index contributed by atoms with van der Waals surface area (Å²) >= 11 is 1.58. The van der Waals surface area contributed by atoms with Crippen LogP contribution in [0.1, 0.15) is 25.5 Å². The van der Waals surface area contributed by atoms with Gasteiger partial charge in [0.2, 0.25) is 0 Å². The fraction of sp³-hybridized carbons (Fsp3) is 0.316. The van der Waals surface area contributed by atoms with E-state index in [0.717, 1.165) is 56.6 Å². The van der Waals surface area contributed by atoms with Gasteiger partial charge >= 0.3 is 0 Å². The zero-order valence-electron chi connectivity index (χ0n) is 15.0. The molecule has 0 radical (unpaired) electrons. The standard InChI is InChI=1S/C19H20N4O2S/c1-4-5-8-25-16-10-13(24-3)9-14-18(16)26-19(21-14)15-11-23-17(20-15)7-6-12(2)22-23/h6-7,9-11H,4-5,8H2,1-3H3. The number of imidazole rings is 1. The molecule has 3 aromatic heterocycles. The summed E-state index contributed by atoms with van der Waals surface area (Å²) in [7, 11) is 1.65. The molecule has 1 aromatic carbocycles. The second-order valence-electron chi connectivity index (χ2n) is 6.10. The summed E-state index contributed by atoms with van der Waals surface area (Å²) in [6, 6.07) is 7.77. The van der Waals surface area contributed by atoms with Crippen LogP contribution in [0.25, 0.3) is 26.6 Å². The molecule has 0 bridgehead atoms. The predicted molar refractivity (Wildman–Crippen MR) is 103 cm³/mol. The Labute approximate surface area is 155 Å². The fourth-order valence-electron chi connectivity index (χ4n) is 2.72. The number of unbranched alkanes of at least 4 members (excludes halogenated alkanes) is 1. The lowest BCUT2D eigenvalue weighted by molar-refractivity contribution is 0.311. The lowest BCUT2D eigenvalue weighted by Crippen LogP contribution is -1.97. The van der Waals surface area contributed by atoms with E-state index in [2.05, 4.69) is 17.0 Å². The van der Waals surface area contributed by atoms with Gasteiger partial charge in [0.05, 0.1) is 35.8 Å². The Morgan fingerprint density at radius 1 is 1.19 bits per heavy atom. The normalized spacial score (nSPS) is 11.3. The number of hydrogen-bond donors (Lipinski definition) is 0. The third kappa shape index (κ3) is 3.10. The molecule has 134 valence electrons. The van der Waals surface area contributed by atoms with Crippen molar-refractivity contribution < 1.29 is 9.47 Å². The van der Waals surface area contributed by atoms with Crippen molar-refractivity contribution in [2.45, 2.75) is 26.7 Å². The van der Waals surface area contributed by atoms with Gasteiger partial charge in [-0.3, -0.25) is 0 Å². The third-order valence-electron chi connectivity index (χ3n) is 4.09. The van der Waals surface area contributed by atoms with Gasteiger partial charge in [0, 0.05) is 12.1 Å². The van der Waals surface area contributed by atoms with Crippen LogP contribution in [-0.4, -0.2) is 33.3 Å². The van der Waals surface area contributed by atoms with Gasteiger partial charge in [-0.25, -0.2) is 14.5 Å². The number of rotatable bonds is 6. The van der Waals surface area contributed by atoms with Crippen molar-refractivity contribution in [1.29, 1.82) is 0 Å². The molecule has 0 atom stereocenters. The molecule has 6 nitrogen and oxygen atoms in total. The molecule has 0 unspecified atom stereocenters. The number of nitrogens with zero attached hydrogens (tertiary/aromatic N) is 4. The van der Waals surface area contributed by atoms with Gasteiger partial charge in [-0.1, -0.05) is 13.3 Å². The average Bonchev–Trinajstić information content (AvgIpc) is 3.24. The molecule has 0 amide bonds. The van der Waals surface area contributed by atoms with Gasteiger partial charge in [-0.2, -0.15) is 5.10 Å². The number of benzene rings is 1. The molecule has 0 aliphatic rings. The summed E-state index contributed by atoms with van der Waals surface area (Å²) in [6.07, 6.45) is 4.02. The van der Waals surface area contributed by atoms with E-state index in [-0.39, 0.29) is 0 Å². The molecule has 3 heterocycles. The zero-order chi connectivity index (χ0) is 18.1. The quantitative estimate of drug-likeness (QED) is 0.469. The first-order valence-electron chi connectivity index (χ1n) is 8.62. The van der Waals surface area contributed by atoms with Crippen molar-refractivity contribution >= 4 is 27.2 Å². The van der Waals surface area contributed by atoms with Crippen LogP contribution < -0.4 is 9.47 Å². The molecule has 0 aliphatic heterocycles. The first-order valence-corrected chi connectivity index (χ1v) is 9.44. The van der Waals surface area contributed by atoms with Gasteiger partial charge in [-0.15, -0.1) is 11.3 Å². The van der Waals surface area contributed by atoms with E-state index in [4.69, 9.17) is 14.5 Å². The van der Waals surface area contributed by atoms with Crippen LogP contribution in [0.4, 0.5) is 0 Å². The maximum absolute atomic E-state index is 5.98. The molecule has 0 N–H and O–H groups in total. The van der Waals surface area contributed by atoms with Crippen LogP contribution in [-0.2, 0) is 0 Å². The van der Waals surface area contributed by atoms with Crippen molar-refractivity contribution in [1.82, 2.24) is 19.6 Å². The predicted octanol–water partition coefficient (Wildman–Crippen LogP) is 4.50. The molecule has 0 fully saturated rings. The summed E-state index contributed by atoms with van der Waals surface area (Å²) in [5, 5.41) is 5.30. The van der Waals surface area contributed by atoms with Gasteiger partial charge < -0.3 is 9.47 Å². The average molecular weight is 368 g/mol. The Balaban J connectivity index is 1.78. The van der Waals surface area contributed by atoms with Gasteiger partial charge in [0.25, 0.3) is 0 Å². The number of methoxy groups -OCH3 is 1. The topological polar surface area (TPSA) is 61.5 Å². The molecule has 0 aliphatic carbocycles. The smallest absolute Gasteiger partial charge is 0.154 e. The minimum absolute atomic E-state index is 0.684. The van der Waals surface area contributed by atoms with E-state index >= 15 is 0 Å². The number of hydrogen-bond acceptors (Lipinski definition) is 6. The lowest BCUT2D eigenvalue weighted by atomic mass is 10.3. The van der Waals surface area contributed by atoms with E-state index < -0.39 is 0 Å². The second kappa shape index (κ2) is 6.92. The summed E-state index contributed by atoms with van der Waals surface area (Å²) in [4.78, 5) is 9.40. The Morgan fingerprint density at radius 3 is 2.88 bits per heavy atom. The number of aromatic nitrogens is 4. The first kappa shape index (κ1) is 16.8. The number of thiazole rings is 1. The zero-order valence-corrected chi connectivity index (χ0v) is 15.8. The second-order valence-corrected chi connectivity index (χ2v) is 7.10. The summed E-state index contributed by atoms with van der Waals surface area (Å²) < 4.78 is 14.2. The molecular weight excluding hydrogens is 348 g/mol. The van der Waals surface area contributed by atoms with Gasteiger partial charge in [0.15, 0.2) is 5.65 Å². The molecule has 0 spiro atoms. The maximum atomic E-state index is 5.98. The van der Waals surface area contributed by atoms with Crippen LogP contribution in [0.5, 0.6) is 11.5 Å². The number of ether oxygens (including phenoxy) is 2. The van der Waals surface area contributed by atoms with Crippen LogP contribution in [0.15, 0.2) is 30.5 Å². The van der Waals surface area contributed by atoms with Crippen molar-refractivity contribution in [2.75, 3.05) is 13.7 Å². The molecule has 7 heteroatoms. The summed E-state index contributed by atoms with van der Waals surface area (Å²) in [6.45, 7) is 4.79. The molecule has 4 aromatic rings. The Hall–Kier alpha value is -2.67. The number of fused-ring (bicyclic) bond motifs is 2.